The van der Waals surface area contributed by atoms with Gasteiger partial charge in [0.05, 0.1) is 18.3 Å². The molecule has 1 aliphatic heterocycles. The zero-order valence-electron chi connectivity index (χ0n) is 16.5. The van der Waals surface area contributed by atoms with Gasteiger partial charge in [-0.25, -0.2) is 4.98 Å². The Morgan fingerprint density at radius 1 is 0.800 bits per heavy atom. The lowest BCUT2D eigenvalue weighted by atomic mass is 10.2. The van der Waals surface area contributed by atoms with Gasteiger partial charge in [0.1, 0.15) is 11.6 Å². The van der Waals surface area contributed by atoms with Crippen LogP contribution in [0.2, 0.25) is 0 Å². The number of halogens is 1. The van der Waals surface area contributed by atoms with Gasteiger partial charge < -0.3 is 31.9 Å². The summed E-state index contributed by atoms with van der Waals surface area (Å²) < 4.78 is 5.45. The Morgan fingerprint density at radius 3 is 2.30 bits per heavy atom. The van der Waals surface area contributed by atoms with Crippen molar-refractivity contribution in [2.24, 2.45) is 0 Å². The first-order valence-electron chi connectivity index (χ1n) is 9.95. The number of furan rings is 1. The Balaban J connectivity index is 0.00000218. The molecule has 0 atom stereocenters. The summed E-state index contributed by atoms with van der Waals surface area (Å²) in [5.41, 5.74) is 2.22. The summed E-state index contributed by atoms with van der Waals surface area (Å²) in [5, 5.41) is 4.44. The molecule has 1 fully saturated rings. The lowest BCUT2D eigenvalue weighted by molar-refractivity contribution is -0.00000632. The van der Waals surface area contributed by atoms with Gasteiger partial charge in [0.25, 0.3) is 0 Å². The van der Waals surface area contributed by atoms with E-state index in [9.17, 15) is 0 Å². The summed E-state index contributed by atoms with van der Waals surface area (Å²) in [6.07, 6.45) is 1.69. The van der Waals surface area contributed by atoms with Crippen molar-refractivity contribution in [1.82, 2.24) is 9.97 Å². The van der Waals surface area contributed by atoms with Gasteiger partial charge in [-0.1, -0.05) is 30.3 Å². The predicted octanol–water partition coefficient (Wildman–Crippen LogP) is 1.17. The van der Waals surface area contributed by atoms with Crippen molar-refractivity contribution in [2.45, 2.75) is 6.54 Å². The summed E-state index contributed by atoms with van der Waals surface area (Å²) in [6.45, 7) is 4.29. The normalized spacial score (nSPS) is 13.9. The molecule has 154 valence electrons. The van der Waals surface area contributed by atoms with Crippen LogP contribution in [0.4, 0.5) is 17.5 Å². The van der Waals surface area contributed by atoms with E-state index in [0.29, 0.717) is 6.54 Å². The van der Waals surface area contributed by atoms with Crippen molar-refractivity contribution < 1.29 is 16.8 Å². The van der Waals surface area contributed by atoms with Crippen LogP contribution >= 0.6 is 0 Å². The van der Waals surface area contributed by atoms with Gasteiger partial charge in [0.15, 0.2) is 0 Å². The largest absolute Gasteiger partial charge is 1.00 e. The highest BCUT2D eigenvalue weighted by molar-refractivity contribution is 5.90. The van der Waals surface area contributed by atoms with Gasteiger partial charge in [-0.3, -0.25) is 0 Å². The highest BCUT2D eigenvalue weighted by atomic mass is 35.5. The zero-order valence-corrected chi connectivity index (χ0v) is 17.3. The third-order valence-corrected chi connectivity index (χ3v) is 5.29. The molecule has 0 amide bonds. The van der Waals surface area contributed by atoms with Crippen molar-refractivity contribution in [3.63, 3.8) is 0 Å². The van der Waals surface area contributed by atoms with Crippen molar-refractivity contribution in [2.75, 3.05) is 41.3 Å². The molecule has 0 aliphatic carbocycles. The summed E-state index contributed by atoms with van der Waals surface area (Å²) in [4.78, 5) is 14.4. The average molecular weight is 421 g/mol. The monoisotopic (exact) mass is 420 g/mol. The SMILES string of the molecule is [Cl-].c1ccc(N2CCN(c3nc(NCc4ccco4)c4ccccc4n3)CC2)cc1. The molecule has 0 spiro atoms. The number of nitrogens with one attached hydrogen (secondary N) is 1. The van der Waals surface area contributed by atoms with Crippen molar-refractivity contribution >= 4 is 28.4 Å². The van der Waals surface area contributed by atoms with Crippen LogP contribution in [0.15, 0.2) is 77.4 Å². The molecule has 1 aliphatic rings. The maximum absolute atomic E-state index is 5.45. The first-order chi connectivity index (χ1) is 14.4. The topological polar surface area (TPSA) is 57.4 Å². The highest BCUT2D eigenvalue weighted by Gasteiger charge is 2.20. The minimum Gasteiger partial charge on any atom is -1.00 e. The number of benzene rings is 2. The van der Waals surface area contributed by atoms with Gasteiger partial charge in [0.2, 0.25) is 5.95 Å². The van der Waals surface area contributed by atoms with Crippen LogP contribution in [0.5, 0.6) is 0 Å². The molecule has 7 heteroatoms. The Labute approximate surface area is 182 Å². The van der Waals surface area contributed by atoms with E-state index in [1.807, 2.05) is 30.3 Å². The van der Waals surface area contributed by atoms with Crippen LogP contribution in [0.1, 0.15) is 5.76 Å². The van der Waals surface area contributed by atoms with Crippen molar-refractivity contribution in [3.05, 3.63) is 78.8 Å². The van der Waals surface area contributed by atoms with Crippen LogP contribution in [0, 0.1) is 0 Å². The van der Waals surface area contributed by atoms with E-state index >= 15 is 0 Å². The molecule has 0 bridgehead atoms. The number of hydrogen-bond donors (Lipinski definition) is 1. The molecule has 3 heterocycles. The molecular formula is C23H23ClN5O-. The highest BCUT2D eigenvalue weighted by Crippen LogP contribution is 2.25. The van der Waals surface area contributed by atoms with E-state index in [0.717, 1.165) is 54.6 Å². The number of aromatic nitrogens is 2. The summed E-state index contributed by atoms with van der Waals surface area (Å²) in [6, 6.07) is 22.5. The molecule has 2 aromatic carbocycles. The molecule has 5 rings (SSSR count). The quantitative estimate of drug-likeness (QED) is 0.523. The average Bonchev–Trinajstić information content (AvgIpc) is 3.32. The molecule has 4 aromatic rings. The van der Waals surface area contributed by atoms with Gasteiger partial charge in [-0.2, -0.15) is 4.98 Å². The predicted molar refractivity (Wildman–Crippen MR) is 116 cm³/mol. The molecule has 0 saturated carbocycles. The van der Waals surface area contributed by atoms with Gasteiger partial charge in [0, 0.05) is 37.3 Å². The van der Waals surface area contributed by atoms with E-state index in [2.05, 4.69) is 51.5 Å². The number of para-hydroxylation sites is 2. The van der Waals surface area contributed by atoms with Crippen molar-refractivity contribution in [1.29, 1.82) is 0 Å². The van der Waals surface area contributed by atoms with E-state index in [1.165, 1.54) is 5.69 Å². The molecule has 1 saturated heterocycles. The van der Waals surface area contributed by atoms with Crippen LogP contribution in [0.25, 0.3) is 10.9 Å². The molecule has 0 unspecified atom stereocenters. The Hall–Kier alpha value is -3.25. The fourth-order valence-electron chi connectivity index (χ4n) is 3.73. The summed E-state index contributed by atoms with van der Waals surface area (Å²) >= 11 is 0. The Bertz CT molecular complexity index is 1080. The smallest absolute Gasteiger partial charge is 0.228 e. The zero-order chi connectivity index (χ0) is 19.5. The molecule has 2 aromatic heterocycles. The second-order valence-corrected chi connectivity index (χ2v) is 7.13. The number of piperazine rings is 1. The minimum absolute atomic E-state index is 0. The fourth-order valence-corrected chi connectivity index (χ4v) is 3.73. The fraction of sp³-hybridized carbons (Fsp3) is 0.217. The lowest BCUT2D eigenvalue weighted by Crippen LogP contribution is -3.00. The van der Waals surface area contributed by atoms with Gasteiger partial charge in [-0.05, 0) is 36.4 Å². The minimum atomic E-state index is 0. The number of fused-ring (bicyclic) bond motifs is 1. The Kier molecular flexibility index (Phi) is 6.05. The number of hydrogen-bond acceptors (Lipinski definition) is 6. The van der Waals surface area contributed by atoms with E-state index in [-0.39, 0.29) is 12.4 Å². The summed E-state index contributed by atoms with van der Waals surface area (Å²) in [7, 11) is 0. The van der Waals surface area contributed by atoms with Crippen LogP contribution in [-0.4, -0.2) is 36.1 Å². The van der Waals surface area contributed by atoms with Crippen LogP contribution in [-0.2, 0) is 6.54 Å². The van der Waals surface area contributed by atoms with Gasteiger partial charge in [-0.15, -0.1) is 0 Å². The maximum Gasteiger partial charge on any atom is 0.228 e. The maximum atomic E-state index is 5.45. The second kappa shape index (κ2) is 9.05. The van der Waals surface area contributed by atoms with E-state index < -0.39 is 0 Å². The van der Waals surface area contributed by atoms with Crippen LogP contribution < -0.4 is 27.5 Å². The molecular weight excluding hydrogens is 398 g/mol. The lowest BCUT2D eigenvalue weighted by Gasteiger charge is -2.36. The standard InChI is InChI=1S/C23H23N5O.ClH/c1-2-7-18(8-3-1)27-12-14-28(15-13-27)23-25-21-11-5-4-10-20(21)22(26-23)24-17-19-9-6-16-29-19;/h1-11,16H,12-15,17H2,(H,24,25,26);1H/p-1. The van der Waals surface area contributed by atoms with E-state index in [4.69, 9.17) is 14.4 Å². The third-order valence-electron chi connectivity index (χ3n) is 5.29. The molecule has 30 heavy (non-hydrogen) atoms. The van der Waals surface area contributed by atoms with Gasteiger partial charge >= 0.3 is 0 Å². The Morgan fingerprint density at radius 2 is 1.53 bits per heavy atom. The first kappa shape index (κ1) is 20.0. The van der Waals surface area contributed by atoms with Crippen LogP contribution in [0.3, 0.4) is 0 Å². The number of rotatable bonds is 5. The first-order valence-corrected chi connectivity index (χ1v) is 9.95. The van der Waals surface area contributed by atoms with E-state index in [1.54, 1.807) is 6.26 Å². The molecule has 0 radical (unpaired) electrons. The molecule has 6 nitrogen and oxygen atoms in total. The summed E-state index contributed by atoms with van der Waals surface area (Å²) in [5.74, 6) is 2.50. The van der Waals surface area contributed by atoms with Crippen molar-refractivity contribution in [3.8, 4) is 0 Å². The third kappa shape index (κ3) is 4.19. The second-order valence-electron chi connectivity index (χ2n) is 7.13. The number of nitrogens with zero attached hydrogens (tertiary/aromatic N) is 4. The number of anilines is 3. The molecule has 1 N–H and O–H groups in total.